The highest BCUT2D eigenvalue weighted by atomic mass is 16.2. The highest BCUT2D eigenvalue weighted by Crippen LogP contribution is 2.04. The smallest absolute Gasteiger partial charge is 0.236 e. The van der Waals surface area contributed by atoms with Crippen molar-refractivity contribution in [3.63, 3.8) is 0 Å². The van der Waals surface area contributed by atoms with Gasteiger partial charge in [0.1, 0.15) is 6.04 Å². The van der Waals surface area contributed by atoms with Crippen LogP contribution in [0.4, 0.5) is 0 Å². The number of primary amides is 1. The minimum Gasteiger partial charge on any atom is -0.368 e. The second kappa shape index (κ2) is 6.70. The number of hydrogen-bond acceptors (Lipinski definition) is 4. The SMILES string of the molecule is CC(C)C(C)NC(=O)CN1CCNCC1C(N)=O. The lowest BCUT2D eigenvalue weighted by Crippen LogP contribution is -2.59. The molecule has 0 saturated carbocycles. The number of piperazine rings is 1. The second-order valence-corrected chi connectivity index (χ2v) is 5.19. The van der Waals surface area contributed by atoms with Crippen molar-refractivity contribution < 1.29 is 9.59 Å². The van der Waals surface area contributed by atoms with Crippen LogP contribution in [0, 0.1) is 5.92 Å². The van der Waals surface area contributed by atoms with Gasteiger partial charge >= 0.3 is 0 Å². The van der Waals surface area contributed by atoms with Crippen LogP contribution in [0.2, 0.25) is 0 Å². The molecular formula is C12H24N4O2. The zero-order chi connectivity index (χ0) is 13.7. The van der Waals surface area contributed by atoms with Crippen LogP contribution >= 0.6 is 0 Å². The van der Waals surface area contributed by atoms with Crippen LogP contribution in [-0.2, 0) is 9.59 Å². The van der Waals surface area contributed by atoms with Crippen molar-refractivity contribution >= 4 is 11.8 Å². The van der Waals surface area contributed by atoms with Gasteiger partial charge in [0.2, 0.25) is 11.8 Å². The number of hydrogen-bond donors (Lipinski definition) is 3. The molecule has 1 heterocycles. The third kappa shape index (κ3) is 4.27. The summed E-state index contributed by atoms with van der Waals surface area (Å²) in [5, 5.41) is 6.04. The van der Waals surface area contributed by atoms with E-state index < -0.39 is 0 Å². The summed E-state index contributed by atoms with van der Waals surface area (Å²) in [6.07, 6.45) is 0. The van der Waals surface area contributed by atoms with Crippen LogP contribution in [-0.4, -0.2) is 55.0 Å². The van der Waals surface area contributed by atoms with Gasteiger partial charge in [-0.15, -0.1) is 0 Å². The van der Waals surface area contributed by atoms with Crippen molar-refractivity contribution in [1.82, 2.24) is 15.5 Å². The molecule has 0 spiro atoms. The Morgan fingerprint density at radius 2 is 2.11 bits per heavy atom. The average Bonchev–Trinajstić information content (AvgIpc) is 2.28. The molecule has 1 saturated heterocycles. The minimum absolute atomic E-state index is 0.0515. The van der Waals surface area contributed by atoms with Crippen molar-refractivity contribution in [2.75, 3.05) is 26.2 Å². The van der Waals surface area contributed by atoms with Gasteiger partial charge in [-0.1, -0.05) is 13.8 Å². The molecule has 2 amide bonds. The Bertz CT molecular complexity index is 306. The number of carbonyl (C=O) groups excluding carboxylic acids is 2. The Morgan fingerprint density at radius 3 is 2.67 bits per heavy atom. The molecule has 0 aliphatic carbocycles. The lowest BCUT2D eigenvalue weighted by Gasteiger charge is -2.33. The normalized spacial score (nSPS) is 22.8. The summed E-state index contributed by atoms with van der Waals surface area (Å²) < 4.78 is 0. The second-order valence-electron chi connectivity index (χ2n) is 5.19. The van der Waals surface area contributed by atoms with Gasteiger partial charge in [0.05, 0.1) is 6.54 Å². The number of carbonyl (C=O) groups is 2. The van der Waals surface area contributed by atoms with E-state index in [1.54, 1.807) is 0 Å². The first-order chi connectivity index (χ1) is 8.41. The third-order valence-electron chi connectivity index (χ3n) is 3.42. The summed E-state index contributed by atoms with van der Waals surface area (Å²) in [7, 11) is 0. The van der Waals surface area contributed by atoms with Crippen LogP contribution in [0.3, 0.4) is 0 Å². The standard InChI is InChI=1S/C12H24N4O2/c1-8(2)9(3)15-11(17)7-16-5-4-14-6-10(16)12(13)18/h8-10,14H,4-7H2,1-3H3,(H2,13,18)(H,15,17). The van der Waals surface area contributed by atoms with Crippen molar-refractivity contribution in [3.05, 3.63) is 0 Å². The van der Waals surface area contributed by atoms with Gasteiger partial charge in [0.15, 0.2) is 0 Å². The molecular weight excluding hydrogens is 232 g/mol. The molecule has 4 N–H and O–H groups in total. The molecule has 1 aliphatic rings. The minimum atomic E-state index is -0.390. The van der Waals surface area contributed by atoms with E-state index in [-0.39, 0.29) is 30.4 Å². The topological polar surface area (TPSA) is 87.5 Å². The van der Waals surface area contributed by atoms with E-state index in [9.17, 15) is 9.59 Å². The fourth-order valence-electron chi connectivity index (χ4n) is 1.87. The Balaban J connectivity index is 2.48. The largest absolute Gasteiger partial charge is 0.368 e. The van der Waals surface area contributed by atoms with Crippen molar-refractivity contribution in [2.45, 2.75) is 32.9 Å². The number of rotatable bonds is 5. The van der Waals surface area contributed by atoms with Gasteiger partial charge in [0.25, 0.3) is 0 Å². The molecule has 0 radical (unpaired) electrons. The summed E-state index contributed by atoms with van der Waals surface area (Å²) in [5.41, 5.74) is 5.33. The van der Waals surface area contributed by atoms with E-state index in [4.69, 9.17) is 5.73 Å². The molecule has 6 heteroatoms. The molecule has 6 nitrogen and oxygen atoms in total. The summed E-state index contributed by atoms with van der Waals surface area (Å²) in [6, 6.07) is -0.258. The summed E-state index contributed by atoms with van der Waals surface area (Å²) >= 11 is 0. The van der Waals surface area contributed by atoms with Crippen molar-refractivity contribution in [1.29, 1.82) is 0 Å². The van der Waals surface area contributed by atoms with Gasteiger partial charge in [-0.25, -0.2) is 0 Å². The third-order valence-corrected chi connectivity index (χ3v) is 3.42. The molecule has 0 aromatic carbocycles. The van der Waals surface area contributed by atoms with Crippen LogP contribution in [0.15, 0.2) is 0 Å². The zero-order valence-electron chi connectivity index (χ0n) is 11.4. The lowest BCUT2D eigenvalue weighted by molar-refractivity contribution is -0.128. The van der Waals surface area contributed by atoms with E-state index in [0.717, 1.165) is 6.54 Å². The van der Waals surface area contributed by atoms with Crippen LogP contribution in [0.1, 0.15) is 20.8 Å². The van der Waals surface area contributed by atoms with Gasteiger partial charge < -0.3 is 16.4 Å². The summed E-state index contributed by atoms with van der Waals surface area (Å²) in [6.45, 7) is 8.28. The first kappa shape index (κ1) is 14.9. The number of nitrogens with two attached hydrogens (primary N) is 1. The van der Waals surface area contributed by atoms with E-state index in [1.165, 1.54) is 0 Å². The molecule has 1 rings (SSSR count). The number of amides is 2. The Labute approximate surface area is 108 Å². The lowest BCUT2D eigenvalue weighted by atomic mass is 10.1. The Kier molecular flexibility index (Phi) is 5.55. The maximum absolute atomic E-state index is 11.9. The fourth-order valence-corrected chi connectivity index (χ4v) is 1.87. The van der Waals surface area contributed by atoms with E-state index in [2.05, 4.69) is 24.5 Å². The highest BCUT2D eigenvalue weighted by molar-refractivity contribution is 5.82. The summed E-state index contributed by atoms with van der Waals surface area (Å²) in [5.74, 6) is -0.0415. The molecule has 1 aliphatic heterocycles. The first-order valence-corrected chi connectivity index (χ1v) is 6.45. The zero-order valence-corrected chi connectivity index (χ0v) is 11.4. The number of nitrogens with one attached hydrogen (secondary N) is 2. The summed E-state index contributed by atoms with van der Waals surface area (Å²) in [4.78, 5) is 25.0. The molecule has 2 unspecified atom stereocenters. The Hall–Kier alpha value is -1.14. The molecule has 2 atom stereocenters. The molecule has 104 valence electrons. The van der Waals surface area contributed by atoms with E-state index in [0.29, 0.717) is 19.0 Å². The molecule has 1 fully saturated rings. The predicted octanol–water partition coefficient (Wildman–Crippen LogP) is -1.09. The fraction of sp³-hybridized carbons (Fsp3) is 0.833. The quantitative estimate of drug-likeness (QED) is 0.583. The first-order valence-electron chi connectivity index (χ1n) is 6.45. The van der Waals surface area contributed by atoms with E-state index in [1.807, 2.05) is 11.8 Å². The molecule has 0 bridgehead atoms. The maximum atomic E-state index is 11.9. The van der Waals surface area contributed by atoms with Gasteiger partial charge in [-0.3, -0.25) is 14.5 Å². The predicted molar refractivity (Wildman–Crippen MR) is 69.9 cm³/mol. The molecule has 18 heavy (non-hydrogen) atoms. The van der Waals surface area contributed by atoms with Gasteiger partial charge in [-0.05, 0) is 12.8 Å². The van der Waals surface area contributed by atoms with Crippen molar-refractivity contribution in [2.24, 2.45) is 11.7 Å². The maximum Gasteiger partial charge on any atom is 0.236 e. The van der Waals surface area contributed by atoms with Crippen molar-refractivity contribution in [3.8, 4) is 0 Å². The monoisotopic (exact) mass is 256 g/mol. The van der Waals surface area contributed by atoms with Gasteiger partial charge in [0, 0.05) is 25.7 Å². The molecule has 0 aromatic rings. The Morgan fingerprint density at radius 1 is 1.44 bits per heavy atom. The van der Waals surface area contributed by atoms with Crippen LogP contribution < -0.4 is 16.4 Å². The van der Waals surface area contributed by atoms with Crippen LogP contribution in [0.5, 0.6) is 0 Å². The molecule has 0 aromatic heterocycles. The highest BCUT2D eigenvalue weighted by Gasteiger charge is 2.28. The van der Waals surface area contributed by atoms with Crippen LogP contribution in [0.25, 0.3) is 0 Å². The number of nitrogens with zero attached hydrogens (tertiary/aromatic N) is 1. The van der Waals surface area contributed by atoms with Gasteiger partial charge in [-0.2, -0.15) is 0 Å². The average molecular weight is 256 g/mol. The van der Waals surface area contributed by atoms with E-state index >= 15 is 0 Å².